The van der Waals surface area contributed by atoms with Gasteiger partial charge >= 0.3 is 0 Å². The van der Waals surface area contributed by atoms with Crippen LogP contribution in [-0.4, -0.2) is 29.3 Å². The van der Waals surface area contributed by atoms with Gasteiger partial charge < -0.3 is 15.2 Å². The molecular weight excluding hydrogens is 194 g/mol. The third-order valence-corrected chi connectivity index (χ3v) is 2.33. The molecule has 1 aromatic rings. The first-order valence-electron chi connectivity index (χ1n) is 5.14. The van der Waals surface area contributed by atoms with E-state index in [1.165, 1.54) is 0 Å². The summed E-state index contributed by atoms with van der Waals surface area (Å²) in [5.41, 5.74) is 6.22. The van der Waals surface area contributed by atoms with E-state index in [1.807, 2.05) is 0 Å². The summed E-state index contributed by atoms with van der Waals surface area (Å²) in [6.45, 7) is 1.90. The van der Waals surface area contributed by atoms with E-state index in [4.69, 9.17) is 15.2 Å². The van der Waals surface area contributed by atoms with Gasteiger partial charge in [-0.1, -0.05) is 0 Å². The van der Waals surface area contributed by atoms with E-state index in [0.717, 1.165) is 31.7 Å². The van der Waals surface area contributed by atoms with Crippen molar-refractivity contribution >= 4 is 0 Å². The molecule has 5 nitrogen and oxygen atoms in total. The Kier molecular flexibility index (Phi) is 3.47. The fourth-order valence-corrected chi connectivity index (χ4v) is 1.51. The van der Waals surface area contributed by atoms with Gasteiger partial charge in [-0.05, 0) is 0 Å². The zero-order chi connectivity index (χ0) is 10.5. The fourth-order valence-electron chi connectivity index (χ4n) is 1.51. The summed E-state index contributed by atoms with van der Waals surface area (Å²) >= 11 is 0. The molecule has 15 heavy (non-hydrogen) atoms. The maximum Gasteiger partial charge on any atom is 0.232 e. The molecule has 1 aliphatic rings. The Balaban J connectivity index is 1.96. The first-order valence-corrected chi connectivity index (χ1v) is 5.14. The SMILES string of the molecule is NCc1cncc(OC2CCOCC2)n1. The van der Waals surface area contributed by atoms with Gasteiger partial charge in [-0.15, -0.1) is 0 Å². The molecule has 0 spiro atoms. The van der Waals surface area contributed by atoms with Gasteiger partial charge in [0.1, 0.15) is 6.10 Å². The molecule has 1 saturated heterocycles. The van der Waals surface area contributed by atoms with Crippen LogP contribution in [0.2, 0.25) is 0 Å². The quantitative estimate of drug-likeness (QED) is 0.784. The topological polar surface area (TPSA) is 70.3 Å². The number of ether oxygens (including phenoxy) is 2. The molecule has 2 rings (SSSR count). The molecule has 0 amide bonds. The molecule has 5 heteroatoms. The van der Waals surface area contributed by atoms with Crippen LogP contribution >= 0.6 is 0 Å². The van der Waals surface area contributed by atoms with Crippen LogP contribution in [0.4, 0.5) is 0 Å². The molecule has 82 valence electrons. The monoisotopic (exact) mass is 209 g/mol. The van der Waals surface area contributed by atoms with Gasteiger partial charge in [-0.2, -0.15) is 0 Å². The van der Waals surface area contributed by atoms with Crippen molar-refractivity contribution in [3.8, 4) is 5.88 Å². The molecule has 1 fully saturated rings. The summed E-state index contributed by atoms with van der Waals surface area (Å²) in [7, 11) is 0. The van der Waals surface area contributed by atoms with Gasteiger partial charge in [0.25, 0.3) is 0 Å². The Hall–Kier alpha value is -1.20. The van der Waals surface area contributed by atoms with Crippen LogP contribution in [0.15, 0.2) is 12.4 Å². The van der Waals surface area contributed by atoms with E-state index in [-0.39, 0.29) is 6.10 Å². The summed E-state index contributed by atoms with van der Waals surface area (Å²) in [4.78, 5) is 8.26. The second-order valence-electron chi connectivity index (χ2n) is 3.48. The molecule has 0 radical (unpaired) electrons. The minimum atomic E-state index is 0.195. The average molecular weight is 209 g/mol. The van der Waals surface area contributed by atoms with Crippen LogP contribution in [0.3, 0.4) is 0 Å². The summed E-state index contributed by atoms with van der Waals surface area (Å²) in [6.07, 6.45) is 5.29. The van der Waals surface area contributed by atoms with Crippen LogP contribution in [0.1, 0.15) is 18.5 Å². The first-order chi connectivity index (χ1) is 7.38. The third kappa shape index (κ3) is 2.87. The Morgan fingerprint density at radius 3 is 2.93 bits per heavy atom. The molecular formula is C10H15N3O2. The van der Waals surface area contributed by atoms with Crippen molar-refractivity contribution in [3.63, 3.8) is 0 Å². The number of hydrogen-bond donors (Lipinski definition) is 1. The van der Waals surface area contributed by atoms with Crippen LogP contribution in [0.25, 0.3) is 0 Å². The van der Waals surface area contributed by atoms with Gasteiger partial charge in [-0.25, -0.2) is 4.98 Å². The lowest BCUT2D eigenvalue weighted by Crippen LogP contribution is -2.26. The molecule has 0 saturated carbocycles. The summed E-state index contributed by atoms with van der Waals surface area (Å²) < 4.78 is 10.9. The Morgan fingerprint density at radius 1 is 1.40 bits per heavy atom. The Bertz CT molecular complexity index is 313. The van der Waals surface area contributed by atoms with E-state index in [0.29, 0.717) is 12.4 Å². The Labute approximate surface area is 88.6 Å². The molecule has 2 heterocycles. The Morgan fingerprint density at radius 2 is 2.20 bits per heavy atom. The highest BCUT2D eigenvalue weighted by Crippen LogP contribution is 2.14. The third-order valence-electron chi connectivity index (χ3n) is 2.33. The predicted octanol–water partition coefficient (Wildman–Crippen LogP) is 0.493. The molecule has 2 N–H and O–H groups in total. The minimum absolute atomic E-state index is 0.195. The lowest BCUT2D eigenvalue weighted by molar-refractivity contribution is 0.0235. The molecule has 0 aliphatic carbocycles. The molecule has 0 atom stereocenters. The van der Waals surface area contributed by atoms with E-state index >= 15 is 0 Å². The average Bonchev–Trinajstić information content (AvgIpc) is 2.31. The number of nitrogens with two attached hydrogens (primary N) is 1. The van der Waals surface area contributed by atoms with Crippen molar-refractivity contribution in [2.24, 2.45) is 5.73 Å². The van der Waals surface area contributed by atoms with E-state index in [2.05, 4.69) is 9.97 Å². The lowest BCUT2D eigenvalue weighted by Gasteiger charge is -2.22. The van der Waals surface area contributed by atoms with Crippen LogP contribution in [0, 0.1) is 0 Å². The molecule has 1 aromatic heterocycles. The zero-order valence-electron chi connectivity index (χ0n) is 8.56. The van der Waals surface area contributed by atoms with Gasteiger partial charge in [0, 0.05) is 25.6 Å². The van der Waals surface area contributed by atoms with Crippen LogP contribution < -0.4 is 10.5 Å². The van der Waals surface area contributed by atoms with Crippen molar-refractivity contribution < 1.29 is 9.47 Å². The van der Waals surface area contributed by atoms with Gasteiger partial charge in [0.2, 0.25) is 5.88 Å². The van der Waals surface area contributed by atoms with E-state index in [9.17, 15) is 0 Å². The molecule has 1 aliphatic heterocycles. The van der Waals surface area contributed by atoms with Crippen LogP contribution in [0.5, 0.6) is 5.88 Å². The largest absolute Gasteiger partial charge is 0.473 e. The predicted molar refractivity (Wildman–Crippen MR) is 54.4 cm³/mol. The summed E-state index contributed by atoms with van der Waals surface area (Å²) in [5, 5.41) is 0. The highest BCUT2D eigenvalue weighted by atomic mass is 16.5. The molecule has 0 unspecified atom stereocenters. The minimum Gasteiger partial charge on any atom is -0.473 e. The van der Waals surface area contributed by atoms with E-state index in [1.54, 1.807) is 12.4 Å². The lowest BCUT2D eigenvalue weighted by atomic mass is 10.2. The summed E-state index contributed by atoms with van der Waals surface area (Å²) in [6, 6.07) is 0. The van der Waals surface area contributed by atoms with Gasteiger partial charge in [0.05, 0.1) is 25.1 Å². The van der Waals surface area contributed by atoms with Crippen LogP contribution in [-0.2, 0) is 11.3 Å². The molecule has 0 aromatic carbocycles. The number of hydrogen-bond acceptors (Lipinski definition) is 5. The maximum absolute atomic E-state index is 5.69. The van der Waals surface area contributed by atoms with E-state index < -0.39 is 0 Å². The normalized spacial score (nSPS) is 17.7. The second kappa shape index (κ2) is 5.04. The summed E-state index contributed by atoms with van der Waals surface area (Å²) in [5.74, 6) is 0.560. The second-order valence-corrected chi connectivity index (χ2v) is 3.48. The van der Waals surface area contributed by atoms with Crippen molar-refractivity contribution in [2.45, 2.75) is 25.5 Å². The van der Waals surface area contributed by atoms with Gasteiger partial charge in [0.15, 0.2) is 0 Å². The maximum atomic E-state index is 5.69. The fraction of sp³-hybridized carbons (Fsp3) is 0.600. The van der Waals surface area contributed by atoms with Gasteiger partial charge in [-0.3, -0.25) is 4.98 Å². The van der Waals surface area contributed by atoms with Crippen molar-refractivity contribution in [1.82, 2.24) is 9.97 Å². The number of aromatic nitrogens is 2. The number of nitrogens with zero attached hydrogens (tertiary/aromatic N) is 2. The van der Waals surface area contributed by atoms with Crippen molar-refractivity contribution in [3.05, 3.63) is 18.1 Å². The smallest absolute Gasteiger partial charge is 0.232 e. The molecule has 0 bridgehead atoms. The first kappa shape index (κ1) is 10.3. The highest BCUT2D eigenvalue weighted by Gasteiger charge is 2.15. The standard InChI is InChI=1S/C10H15N3O2/c11-5-8-6-12-7-10(13-8)15-9-1-3-14-4-2-9/h6-7,9H,1-5,11H2. The number of rotatable bonds is 3. The zero-order valence-corrected chi connectivity index (χ0v) is 8.56. The van der Waals surface area contributed by atoms with Crippen molar-refractivity contribution in [1.29, 1.82) is 0 Å². The van der Waals surface area contributed by atoms with Crippen molar-refractivity contribution in [2.75, 3.05) is 13.2 Å². The highest BCUT2D eigenvalue weighted by molar-refractivity contribution is 5.08.